The van der Waals surface area contributed by atoms with Gasteiger partial charge in [0.1, 0.15) is 5.82 Å². The Morgan fingerprint density at radius 3 is 2.39 bits per heavy atom. The Morgan fingerprint density at radius 1 is 1.04 bits per heavy atom. The Labute approximate surface area is 135 Å². The number of hydrogen-bond acceptors (Lipinski definition) is 2. The van der Waals surface area contributed by atoms with Crippen molar-refractivity contribution < 1.29 is 4.79 Å². The lowest BCUT2D eigenvalue weighted by atomic mass is 10.1. The van der Waals surface area contributed by atoms with Crippen LogP contribution in [0.3, 0.4) is 0 Å². The molecular formula is C19H19N3O. The number of imidazole rings is 1. The van der Waals surface area contributed by atoms with Gasteiger partial charge in [-0.2, -0.15) is 0 Å². The molecule has 0 saturated carbocycles. The molecule has 0 spiro atoms. The van der Waals surface area contributed by atoms with Gasteiger partial charge in [0.25, 0.3) is 0 Å². The first-order valence-corrected chi connectivity index (χ1v) is 7.67. The van der Waals surface area contributed by atoms with E-state index in [-0.39, 0.29) is 6.03 Å². The lowest BCUT2D eigenvalue weighted by molar-refractivity contribution is 0.242. The van der Waals surface area contributed by atoms with Crippen LogP contribution in [0.25, 0.3) is 11.3 Å². The number of amides is 1. The molecule has 4 heteroatoms. The minimum absolute atomic E-state index is 0.145. The van der Waals surface area contributed by atoms with E-state index < -0.39 is 0 Å². The molecule has 0 bridgehead atoms. The van der Waals surface area contributed by atoms with Crippen LogP contribution in [0.15, 0.2) is 66.9 Å². The van der Waals surface area contributed by atoms with E-state index in [2.05, 4.69) is 22.4 Å². The smallest absolute Gasteiger partial charge is 0.327 e. The van der Waals surface area contributed by atoms with Gasteiger partial charge < -0.3 is 5.32 Å². The van der Waals surface area contributed by atoms with Gasteiger partial charge in [-0.3, -0.25) is 4.57 Å². The lowest BCUT2D eigenvalue weighted by Crippen LogP contribution is -2.30. The second-order valence-corrected chi connectivity index (χ2v) is 5.38. The molecule has 116 valence electrons. The third-order valence-electron chi connectivity index (χ3n) is 3.70. The molecule has 1 heterocycles. The Bertz CT molecular complexity index is 779. The molecule has 0 aliphatic carbocycles. The van der Waals surface area contributed by atoms with E-state index in [1.807, 2.05) is 55.5 Å². The topological polar surface area (TPSA) is 46.9 Å². The minimum Gasteiger partial charge on any atom is -0.337 e. The molecule has 0 fully saturated rings. The summed E-state index contributed by atoms with van der Waals surface area (Å²) in [7, 11) is 0. The molecule has 4 nitrogen and oxygen atoms in total. The summed E-state index contributed by atoms with van der Waals surface area (Å²) in [6, 6.07) is 19.8. The van der Waals surface area contributed by atoms with E-state index >= 15 is 0 Å². The van der Waals surface area contributed by atoms with Crippen molar-refractivity contribution in [3.63, 3.8) is 0 Å². The lowest BCUT2D eigenvalue weighted by Gasteiger charge is -2.06. The zero-order chi connectivity index (χ0) is 16.1. The predicted molar refractivity (Wildman–Crippen MR) is 91.3 cm³/mol. The first-order valence-electron chi connectivity index (χ1n) is 7.67. The van der Waals surface area contributed by atoms with Gasteiger partial charge in [-0.15, -0.1) is 0 Å². The fourth-order valence-corrected chi connectivity index (χ4v) is 2.47. The highest BCUT2D eigenvalue weighted by atomic mass is 16.2. The third-order valence-corrected chi connectivity index (χ3v) is 3.70. The van der Waals surface area contributed by atoms with E-state index in [0.717, 1.165) is 17.7 Å². The zero-order valence-electron chi connectivity index (χ0n) is 13.1. The van der Waals surface area contributed by atoms with Crippen LogP contribution in [0.1, 0.15) is 11.4 Å². The number of nitrogens with one attached hydrogen (secondary N) is 1. The Morgan fingerprint density at radius 2 is 1.70 bits per heavy atom. The maximum atomic E-state index is 12.3. The molecule has 1 amide bonds. The highest BCUT2D eigenvalue weighted by molar-refractivity contribution is 5.78. The van der Waals surface area contributed by atoms with Crippen molar-refractivity contribution in [3.8, 4) is 11.3 Å². The summed E-state index contributed by atoms with van der Waals surface area (Å²) in [4.78, 5) is 16.8. The molecule has 0 aliphatic heterocycles. The van der Waals surface area contributed by atoms with Crippen LogP contribution in [0.5, 0.6) is 0 Å². The molecule has 23 heavy (non-hydrogen) atoms. The van der Waals surface area contributed by atoms with Gasteiger partial charge in [0.15, 0.2) is 0 Å². The van der Waals surface area contributed by atoms with E-state index in [1.165, 1.54) is 5.56 Å². The third kappa shape index (κ3) is 3.66. The van der Waals surface area contributed by atoms with Gasteiger partial charge in [-0.05, 0) is 18.9 Å². The zero-order valence-corrected chi connectivity index (χ0v) is 13.1. The van der Waals surface area contributed by atoms with Gasteiger partial charge in [0, 0.05) is 18.3 Å². The maximum Gasteiger partial charge on any atom is 0.327 e. The fraction of sp³-hybridized carbons (Fsp3) is 0.158. The van der Waals surface area contributed by atoms with E-state index in [1.54, 1.807) is 10.8 Å². The van der Waals surface area contributed by atoms with Crippen LogP contribution >= 0.6 is 0 Å². The molecule has 0 aliphatic rings. The van der Waals surface area contributed by atoms with Crippen LogP contribution in [-0.2, 0) is 6.42 Å². The summed E-state index contributed by atoms with van der Waals surface area (Å²) in [5, 5.41) is 2.94. The molecule has 0 saturated heterocycles. The fourth-order valence-electron chi connectivity index (χ4n) is 2.47. The molecular weight excluding hydrogens is 286 g/mol. The van der Waals surface area contributed by atoms with Crippen LogP contribution < -0.4 is 5.32 Å². The molecule has 0 radical (unpaired) electrons. The quantitative estimate of drug-likeness (QED) is 0.799. The molecule has 1 N–H and O–H groups in total. The van der Waals surface area contributed by atoms with Gasteiger partial charge in [0.2, 0.25) is 0 Å². The summed E-state index contributed by atoms with van der Waals surface area (Å²) in [6.07, 6.45) is 2.59. The summed E-state index contributed by atoms with van der Waals surface area (Å²) in [6.45, 7) is 2.43. The summed E-state index contributed by atoms with van der Waals surface area (Å²) in [5.74, 6) is 0.682. The summed E-state index contributed by atoms with van der Waals surface area (Å²) >= 11 is 0. The maximum absolute atomic E-state index is 12.3. The predicted octanol–water partition coefficient (Wildman–Crippen LogP) is 3.66. The van der Waals surface area contributed by atoms with Crippen LogP contribution in [-0.4, -0.2) is 22.1 Å². The number of nitrogens with zero attached hydrogens (tertiary/aromatic N) is 2. The summed E-state index contributed by atoms with van der Waals surface area (Å²) in [5.41, 5.74) is 3.02. The second-order valence-electron chi connectivity index (χ2n) is 5.38. The van der Waals surface area contributed by atoms with Crippen molar-refractivity contribution in [3.05, 3.63) is 78.2 Å². The van der Waals surface area contributed by atoms with Crippen molar-refractivity contribution in [2.24, 2.45) is 0 Å². The van der Waals surface area contributed by atoms with Crippen molar-refractivity contribution in [2.45, 2.75) is 13.3 Å². The minimum atomic E-state index is -0.145. The van der Waals surface area contributed by atoms with Crippen molar-refractivity contribution in [1.82, 2.24) is 14.9 Å². The Balaban J connectivity index is 1.65. The van der Waals surface area contributed by atoms with Gasteiger partial charge in [-0.25, -0.2) is 9.78 Å². The first-order chi connectivity index (χ1) is 11.2. The number of carbonyl (C=O) groups is 1. The largest absolute Gasteiger partial charge is 0.337 e. The van der Waals surface area contributed by atoms with E-state index in [4.69, 9.17) is 0 Å². The molecule has 1 aromatic heterocycles. The molecule has 0 unspecified atom stereocenters. The van der Waals surface area contributed by atoms with Gasteiger partial charge in [-0.1, -0.05) is 60.7 Å². The standard InChI is InChI=1S/C19H19N3O/c1-15-21-18(17-10-6-3-7-11-17)14-22(15)19(23)20-13-12-16-8-4-2-5-9-16/h2-11,14H,12-13H2,1H3,(H,20,23). The molecule has 0 atom stereocenters. The second kappa shape index (κ2) is 6.92. The number of benzene rings is 2. The highest BCUT2D eigenvalue weighted by Gasteiger charge is 2.11. The van der Waals surface area contributed by atoms with Gasteiger partial charge in [0.05, 0.1) is 5.69 Å². The number of carbonyl (C=O) groups excluding carboxylic acids is 1. The van der Waals surface area contributed by atoms with E-state index in [0.29, 0.717) is 12.4 Å². The SMILES string of the molecule is Cc1nc(-c2ccccc2)cn1C(=O)NCCc1ccccc1. The van der Waals surface area contributed by atoms with Crippen LogP contribution in [0, 0.1) is 6.92 Å². The van der Waals surface area contributed by atoms with Crippen molar-refractivity contribution in [2.75, 3.05) is 6.54 Å². The van der Waals surface area contributed by atoms with Gasteiger partial charge >= 0.3 is 6.03 Å². The normalized spacial score (nSPS) is 10.5. The van der Waals surface area contributed by atoms with Crippen LogP contribution in [0.2, 0.25) is 0 Å². The number of hydrogen-bond donors (Lipinski definition) is 1. The van der Waals surface area contributed by atoms with Crippen LogP contribution in [0.4, 0.5) is 4.79 Å². The number of aromatic nitrogens is 2. The van der Waals surface area contributed by atoms with Crippen molar-refractivity contribution >= 4 is 6.03 Å². The molecule has 2 aromatic carbocycles. The molecule has 3 rings (SSSR count). The average molecular weight is 305 g/mol. The summed E-state index contributed by atoms with van der Waals surface area (Å²) < 4.78 is 1.56. The Hall–Kier alpha value is -2.88. The highest BCUT2D eigenvalue weighted by Crippen LogP contribution is 2.17. The molecule has 3 aromatic rings. The number of aryl methyl sites for hydroxylation is 1. The van der Waals surface area contributed by atoms with E-state index in [9.17, 15) is 4.79 Å². The average Bonchev–Trinajstić information content (AvgIpc) is 2.98. The first kappa shape index (κ1) is 15.0. The number of rotatable bonds is 4. The monoisotopic (exact) mass is 305 g/mol. The van der Waals surface area contributed by atoms with Crippen molar-refractivity contribution in [1.29, 1.82) is 0 Å². The Kier molecular flexibility index (Phi) is 4.52.